The maximum Gasteiger partial charge on any atom is 0.123 e. The Balaban J connectivity index is 2.07. The maximum absolute atomic E-state index is 12.7. The summed E-state index contributed by atoms with van der Waals surface area (Å²) in [6.07, 6.45) is 3.33. The molecule has 1 aliphatic heterocycles. The molecule has 0 spiro atoms. The molecule has 4 heteroatoms. The Morgan fingerprint density at radius 2 is 1.88 bits per heavy atom. The Kier molecular flexibility index (Phi) is 4.62. The van der Waals surface area contributed by atoms with Crippen molar-refractivity contribution in [3.8, 4) is 0 Å². The van der Waals surface area contributed by atoms with E-state index >= 15 is 0 Å². The number of halogens is 2. The minimum atomic E-state index is -0.227. The van der Waals surface area contributed by atoms with Gasteiger partial charge in [-0.3, -0.25) is 0 Å². The highest BCUT2D eigenvalue weighted by Crippen LogP contribution is 2.34. The summed E-state index contributed by atoms with van der Waals surface area (Å²) < 4.78 is 13.2. The minimum Gasteiger partial charge on any atom is -0.207 e. The molecule has 1 fully saturated rings. The molecule has 0 atom stereocenters. The quantitative estimate of drug-likeness (QED) is 0.773. The van der Waals surface area contributed by atoms with Crippen molar-refractivity contribution in [3.05, 3.63) is 41.7 Å². The predicted molar refractivity (Wildman–Crippen MR) is 73.6 cm³/mol. The van der Waals surface area contributed by atoms with Crippen molar-refractivity contribution in [3.63, 3.8) is 0 Å². The fourth-order valence-corrected chi connectivity index (χ4v) is 4.52. The Bertz CT molecular complexity index is 369. The van der Waals surface area contributed by atoms with Crippen molar-refractivity contribution in [2.45, 2.75) is 11.0 Å². The minimum absolute atomic E-state index is 0.227. The zero-order chi connectivity index (χ0) is 11.4. The molecule has 0 radical (unpaired) electrons. The highest BCUT2D eigenvalue weighted by Gasteiger charge is 2.12. The summed E-state index contributed by atoms with van der Waals surface area (Å²) in [5.74, 6) is 2.17. The van der Waals surface area contributed by atoms with Crippen LogP contribution in [0.1, 0.15) is 12.0 Å². The van der Waals surface area contributed by atoms with Crippen molar-refractivity contribution in [1.82, 2.24) is 0 Å². The molecule has 0 bridgehead atoms. The first kappa shape index (κ1) is 12.3. The topological polar surface area (TPSA) is 0 Å². The second kappa shape index (κ2) is 5.99. The summed E-state index contributed by atoms with van der Waals surface area (Å²) in [6, 6.07) is 6.30. The van der Waals surface area contributed by atoms with Gasteiger partial charge < -0.3 is 0 Å². The largest absolute Gasteiger partial charge is 0.207 e. The lowest BCUT2D eigenvalue weighted by Crippen LogP contribution is -2.03. The van der Waals surface area contributed by atoms with Gasteiger partial charge in [0, 0.05) is 5.03 Å². The molecule has 0 aromatic heterocycles. The highest BCUT2D eigenvalue weighted by molar-refractivity contribution is 8.17. The van der Waals surface area contributed by atoms with Crippen LogP contribution < -0.4 is 0 Å². The van der Waals surface area contributed by atoms with Gasteiger partial charge in [-0.1, -0.05) is 23.7 Å². The fraction of sp³-hybridized carbons (Fsp3) is 0.333. The van der Waals surface area contributed by atoms with Crippen LogP contribution in [0.5, 0.6) is 0 Å². The monoisotopic (exact) mass is 274 g/mol. The molecular weight excluding hydrogens is 263 g/mol. The number of hydrogen-bond donors (Lipinski definition) is 0. The average molecular weight is 275 g/mol. The van der Waals surface area contributed by atoms with E-state index in [4.69, 9.17) is 11.6 Å². The molecule has 1 aliphatic rings. The van der Waals surface area contributed by atoms with E-state index in [0.29, 0.717) is 9.61 Å². The molecule has 0 unspecified atom stereocenters. The summed E-state index contributed by atoms with van der Waals surface area (Å²) in [7, 11) is 0. The van der Waals surface area contributed by atoms with Gasteiger partial charge in [-0.2, -0.15) is 0 Å². The van der Waals surface area contributed by atoms with E-state index in [1.807, 2.05) is 23.5 Å². The van der Waals surface area contributed by atoms with Gasteiger partial charge in [0.05, 0.1) is 4.58 Å². The molecule has 1 aromatic rings. The van der Waals surface area contributed by atoms with Crippen LogP contribution in [0.4, 0.5) is 4.39 Å². The number of benzene rings is 1. The predicted octanol–water partition coefficient (Wildman–Crippen LogP) is 4.60. The Hall–Kier alpha value is -0.120. The summed E-state index contributed by atoms with van der Waals surface area (Å²) >= 11 is 10.0. The first-order valence-corrected chi connectivity index (χ1v) is 7.60. The normalized spacial score (nSPS) is 18.8. The lowest BCUT2D eigenvalue weighted by Gasteiger charge is -2.17. The van der Waals surface area contributed by atoms with Crippen LogP contribution in [0.2, 0.25) is 0 Å². The third kappa shape index (κ3) is 3.44. The fourth-order valence-electron chi connectivity index (χ4n) is 1.43. The molecule has 86 valence electrons. The van der Waals surface area contributed by atoms with Crippen LogP contribution in [0.3, 0.4) is 0 Å². The summed E-state index contributed by atoms with van der Waals surface area (Å²) in [5, 5.41) is 0.715. The first-order chi connectivity index (χ1) is 7.75. The summed E-state index contributed by atoms with van der Waals surface area (Å²) in [5.41, 5.74) is 0.884. The molecule has 1 aromatic carbocycles. The molecule has 1 heterocycles. The smallest absolute Gasteiger partial charge is 0.123 e. The summed E-state index contributed by atoms with van der Waals surface area (Å²) in [4.78, 5) is 0. The molecule has 1 saturated heterocycles. The van der Waals surface area contributed by atoms with Crippen molar-refractivity contribution >= 4 is 40.2 Å². The lowest BCUT2D eigenvalue weighted by atomic mass is 10.2. The van der Waals surface area contributed by atoms with Gasteiger partial charge in [0.15, 0.2) is 0 Å². The van der Waals surface area contributed by atoms with Gasteiger partial charge in [0.2, 0.25) is 0 Å². The van der Waals surface area contributed by atoms with E-state index in [2.05, 4.69) is 6.08 Å². The zero-order valence-corrected chi connectivity index (χ0v) is 11.0. The van der Waals surface area contributed by atoms with Crippen molar-refractivity contribution < 1.29 is 4.39 Å². The Morgan fingerprint density at radius 3 is 2.50 bits per heavy atom. The molecule has 0 nitrogen and oxygen atoms in total. The van der Waals surface area contributed by atoms with E-state index in [0.717, 1.165) is 5.56 Å². The zero-order valence-electron chi connectivity index (χ0n) is 8.66. The molecule has 0 N–H and O–H groups in total. The van der Waals surface area contributed by atoms with Crippen molar-refractivity contribution in [2.75, 3.05) is 11.5 Å². The molecular formula is C12H12ClFS2. The van der Waals surface area contributed by atoms with Gasteiger partial charge in [-0.25, -0.2) is 4.39 Å². The maximum atomic E-state index is 12.7. The van der Waals surface area contributed by atoms with Gasteiger partial charge in [-0.15, -0.1) is 23.5 Å². The van der Waals surface area contributed by atoms with Crippen LogP contribution >= 0.6 is 35.1 Å². The standard InChI is InChI=1S/C12H12ClFS2/c13-11(8-12-15-6-1-7-16-12)9-2-4-10(14)5-3-9/h2-5,8,12H,1,6-7H2/b11-8-. The van der Waals surface area contributed by atoms with E-state index in [1.54, 1.807) is 12.1 Å². The molecule has 2 rings (SSSR count). The second-order valence-corrected chi connectivity index (χ2v) is 6.69. The van der Waals surface area contributed by atoms with Gasteiger partial charge in [0.1, 0.15) is 5.82 Å². The first-order valence-electron chi connectivity index (χ1n) is 5.12. The van der Waals surface area contributed by atoms with Gasteiger partial charge in [0.25, 0.3) is 0 Å². The third-order valence-electron chi connectivity index (χ3n) is 2.26. The van der Waals surface area contributed by atoms with E-state index < -0.39 is 0 Å². The molecule has 0 saturated carbocycles. The Morgan fingerprint density at radius 1 is 1.25 bits per heavy atom. The van der Waals surface area contributed by atoms with Crippen LogP contribution in [-0.4, -0.2) is 16.1 Å². The SMILES string of the molecule is Fc1ccc(/C(Cl)=C/C2SCCCS2)cc1. The molecule has 16 heavy (non-hydrogen) atoms. The molecule has 0 aliphatic carbocycles. The van der Waals surface area contributed by atoms with Gasteiger partial charge >= 0.3 is 0 Å². The van der Waals surface area contributed by atoms with E-state index in [-0.39, 0.29) is 5.82 Å². The summed E-state index contributed by atoms with van der Waals surface area (Å²) in [6.45, 7) is 0. The molecule has 0 amide bonds. The van der Waals surface area contributed by atoms with Gasteiger partial charge in [-0.05, 0) is 41.7 Å². The van der Waals surface area contributed by atoms with E-state index in [1.165, 1.54) is 30.1 Å². The average Bonchev–Trinajstić information content (AvgIpc) is 2.31. The second-order valence-electron chi connectivity index (χ2n) is 3.49. The van der Waals surface area contributed by atoms with E-state index in [9.17, 15) is 4.39 Å². The number of thioether (sulfide) groups is 2. The van der Waals surface area contributed by atoms with Crippen LogP contribution in [0.25, 0.3) is 5.03 Å². The van der Waals surface area contributed by atoms with Crippen LogP contribution in [0, 0.1) is 5.82 Å². The third-order valence-corrected chi connectivity index (χ3v) is 5.39. The lowest BCUT2D eigenvalue weighted by molar-refractivity contribution is 0.627. The van der Waals surface area contributed by atoms with Crippen LogP contribution in [-0.2, 0) is 0 Å². The highest BCUT2D eigenvalue weighted by atomic mass is 35.5. The number of rotatable bonds is 2. The van der Waals surface area contributed by atoms with Crippen molar-refractivity contribution in [2.24, 2.45) is 0 Å². The van der Waals surface area contributed by atoms with Crippen molar-refractivity contribution in [1.29, 1.82) is 0 Å². The Labute approximate surface area is 109 Å². The number of hydrogen-bond acceptors (Lipinski definition) is 2. The van der Waals surface area contributed by atoms with Crippen LogP contribution in [0.15, 0.2) is 30.3 Å².